The van der Waals surface area contributed by atoms with Gasteiger partial charge in [0.15, 0.2) is 0 Å². The van der Waals surface area contributed by atoms with Crippen molar-refractivity contribution < 1.29 is 9.53 Å². The highest BCUT2D eigenvalue weighted by Crippen LogP contribution is 2.53. The summed E-state index contributed by atoms with van der Waals surface area (Å²) < 4.78 is 4.10. The minimum atomic E-state index is -0.935. The van der Waals surface area contributed by atoms with Crippen molar-refractivity contribution in [1.82, 2.24) is 4.98 Å². The number of rotatable bonds is 3. The van der Waals surface area contributed by atoms with E-state index in [1.54, 1.807) is 18.3 Å². The fraction of sp³-hybridized carbons (Fsp3) is 0.400. The third-order valence-electron chi connectivity index (χ3n) is 2.28. The van der Waals surface area contributed by atoms with Crippen LogP contribution >= 0.6 is 34.8 Å². The van der Waals surface area contributed by atoms with Crippen molar-refractivity contribution in [3.8, 4) is 0 Å². The Morgan fingerprint density at radius 3 is 2.75 bits per heavy atom. The minimum absolute atomic E-state index is 0.156. The fourth-order valence-electron chi connectivity index (χ4n) is 1.22. The normalized spacial score (nSPS) is 21.6. The highest BCUT2D eigenvalue weighted by Gasteiger charge is 2.57. The van der Waals surface area contributed by atoms with Crippen molar-refractivity contribution >= 4 is 40.8 Å². The molecular weight excluding hydrogens is 272 g/mol. The maximum absolute atomic E-state index is 11.4. The van der Waals surface area contributed by atoms with Gasteiger partial charge < -0.3 is 4.74 Å². The highest BCUT2D eigenvalue weighted by atomic mass is 35.5. The Morgan fingerprint density at radius 2 is 2.25 bits per heavy atom. The van der Waals surface area contributed by atoms with Crippen LogP contribution in [-0.2, 0) is 16.1 Å². The molecule has 16 heavy (non-hydrogen) atoms. The van der Waals surface area contributed by atoms with Crippen LogP contribution in [-0.4, -0.2) is 15.3 Å². The Kier molecular flexibility index (Phi) is 3.29. The minimum Gasteiger partial charge on any atom is -0.460 e. The van der Waals surface area contributed by atoms with Crippen LogP contribution in [0, 0.1) is 5.92 Å². The SMILES string of the molecule is O=C(OCc1ccc(Cl)nc1)C1CC1(Cl)Cl. The first-order valence-electron chi connectivity index (χ1n) is 4.64. The molecule has 0 spiro atoms. The third kappa shape index (κ3) is 2.78. The van der Waals surface area contributed by atoms with Crippen LogP contribution in [0.3, 0.4) is 0 Å². The molecule has 1 heterocycles. The third-order valence-corrected chi connectivity index (χ3v) is 3.34. The smallest absolute Gasteiger partial charge is 0.312 e. The first-order chi connectivity index (χ1) is 7.49. The molecule has 6 heteroatoms. The number of pyridine rings is 1. The molecule has 3 nitrogen and oxygen atoms in total. The van der Waals surface area contributed by atoms with Crippen LogP contribution in [0.4, 0.5) is 0 Å². The van der Waals surface area contributed by atoms with Crippen LogP contribution in [0.1, 0.15) is 12.0 Å². The number of aromatic nitrogens is 1. The predicted molar refractivity (Wildman–Crippen MR) is 61.6 cm³/mol. The van der Waals surface area contributed by atoms with E-state index in [1.165, 1.54) is 0 Å². The van der Waals surface area contributed by atoms with E-state index in [2.05, 4.69) is 4.98 Å². The molecule has 2 rings (SSSR count). The van der Waals surface area contributed by atoms with Crippen molar-refractivity contribution in [3.05, 3.63) is 29.0 Å². The predicted octanol–water partition coefficient (Wildman–Crippen LogP) is 2.97. The lowest BCUT2D eigenvalue weighted by Crippen LogP contribution is -2.10. The molecule has 1 aromatic rings. The number of esters is 1. The molecule has 86 valence electrons. The van der Waals surface area contributed by atoms with Gasteiger partial charge in [-0.05, 0) is 12.5 Å². The van der Waals surface area contributed by atoms with Gasteiger partial charge in [0.25, 0.3) is 0 Å². The van der Waals surface area contributed by atoms with E-state index < -0.39 is 10.3 Å². The van der Waals surface area contributed by atoms with E-state index in [0.717, 1.165) is 5.56 Å². The zero-order chi connectivity index (χ0) is 11.8. The molecule has 0 saturated heterocycles. The van der Waals surface area contributed by atoms with Crippen molar-refractivity contribution in [2.45, 2.75) is 17.4 Å². The van der Waals surface area contributed by atoms with Gasteiger partial charge in [0.2, 0.25) is 0 Å². The van der Waals surface area contributed by atoms with Crippen LogP contribution in [0.5, 0.6) is 0 Å². The molecular formula is C10H8Cl3NO2. The molecule has 1 saturated carbocycles. The summed E-state index contributed by atoms with van der Waals surface area (Å²) in [5.41, 5.74) is 0.771. The molecule has 1 aliphatic rings. The molecule has 0 bridgehead atoms. The second-order valence-corrected chi connectivity index (χ2v) is 5.54. The zero-order valence-electron chi connectivity index (χ0n) is 8.12. The summed E-state index contributed by atoms with van der Waals surface area (Å²) in [5, 5.41) is 0.401. The summed E-state index contributed by atoms with van der Waals surface area (Å²) in [4.78, 5) is 15.3. The van der Waals surface area contributed by atoms with Crippen LogP contribution < -0.4 is 0 Å². The first kappa shape index (κ1) is 12.0. The van der Waals surface area contributed by atoms with Crippen molar-refractivity contribution in [3.63, 3.8) is 0 Å². The summed E-state index contributed by atoms with van der Waals surface area (Å²) in [6.07, 6.45) is 2.00. The van der Waals surface area contributed by atoms with Gasteiger partial charge in [-0.25, -0.2) is 4.98 Å². The largest absolute Gasteiger partial charge is 0.460 e. The number of nitrogens with zero attached hydrogens (tertiary/aromatic N) is 1. The van der Waals surface area contributed by atoms with Gasteiger partial charge in [-0.1, -0.05) is 17.7 Å². The van der Waals surface area contributed by atoms with Crippen LogP contribution in [0.25, 0.3) is 0 Å². The molecule has 1 aliphatic carbocycles. The summed E-state index contributed by atoms with van der Waals surface area (Å²) in [6.45, 7) is 0.156. The van der Waals surface area contributed by atoms with Gasteiger partial charge in [0, 0.05) is 11.8 Å². The van der Waals surface area contributed by atoms with E-state index >= 15 is 0 Å². The van der Waals surface area contributed by atoms with E-state index in [4.69, 9.17) is 39.5 Å². The van der Waals surface area contributed by atoms with E-state index in [-0.39, 0.29) is 12.6 Å². The zero-order valence-corrected chi connectivity index (χ0v) is 10.4. The van der Waals surface area contributed by atoms with E-state index in [0.29, 0.717) is 11.6 Å². The van der Waals surface area contributed by atoms with Crippen molar-refractivity contribution in [1.29, 1.82) is 0 Å². The number of hydrogen-bond donors (Lipinski definition) is 0. The molecule has 0 radical (unpaired) electrons. The van der Waals surface area contributed by atoms with E-state index in [1.807, 2.05) is 0 Å². The summed E-state index contributed by atoms with van der Waals surface area (Å²) in [6, 6.07) is 3.37. The maximum atomic E-state index is 11.4. The van der Waals surface area contributed by atoms with E-state index in [9.17, 15) is 4.79 Å². The highest BCUT2D eigenvalue weighted by molar-refractivity contribution is 6.52. The Labute approximate surface area is 108 Å². The lowest BCUT2D eigenvalue weighted by atomic mass is 10.3. The number of ether oxygens (including phenoxy) is 1. The Bertz CT molecular complexity index is 405. The van der Waals surface area contributed by atoms with Gasteiger partial charge in [-0.3, -0.25) is 4.79 Å². The molecule has 1 atom stereocenters. The molecule has 0 aromatic carbocycles. The Morgan fingerprint density at radius 1 is 1.56 bits per heavy atom. The second-order valence-electron chi connectivity index (χ2n) is 3.61. The molecule has 0 aliphatic heterocycles. The molecule has 1 aromatic heterocycles. The summed E-state index contributed by atoms with van der Waals surface area (Å²) >= 11 is 17.1. The fourth-order valence-corrected chi connectivity index (χ4v) is 1.81. The summed E-state index contributed by atoms with van der Waals surface area (Å²) in [5.74, 6) is -0.781. The molecule has 1 fully saturated rings. The van der Waals surface area contributed by atoms with Gasteiger partial charge in [0.05, 0.1) is 5.92 Å². The standard InChI is InChI=1S/C10H8Cl3NO2/c11-8-2-1-6(4-14-8)5-16-9(15)7-3-10(7,12)13/h1-2,4,7H,3,5H2. The lowest BCUT2D eigenvalue weighted by Gasteiger charge is -2.04. The topological polar surface area (TPSA) is 39.2 Å². The Hall–Kier alpha value is -0.510. The quantitative estimate of drug-likeness (QED) is 0.485. The number of hydrogen-bond acceptors (Lipinski definition) is 3. The number of carbonyl (C=O) groups is 1. The molecule has 0 amide bonds. The summed E-state index contributed by atoms with van der Waals surface area (Å²) in [7, 11) is 0. The van der Waals surface area contributed by atoms with Gasteiger partial charge in [-0.2, -0.15) is 0 Å². The van der Waals surface area contributed by atoms with Crippen molar-refractivity contribution in [2.24, 2.45) is 5.92 Å². The average Bonchev–Trinajstić information content (AvgIpc) is 2.87. The Balaban J connectivity index is 1.84. The number of halogens is 3. The van der Waals surface area contributed by atoms with Crippen molar-refractivity contribution in [2.75, 3.05) is 0 Å². The molecule has 1 unspecified atom stereocenters. The second kappa shape index (κ2) is 4.40. The van der Waals surface area contributed by atoms with Gasteiger partial charge >= 0.3 is 5.97 Å². The van der Waals surface area contributed by atoms with Crippen LogP contribution in [0.15, 0.2) is 18.3 Å². The number of carbonyl (C=O) groups excluding carboxylic acids is 1. The first-order valence-corrected chi connectivity index (χ1v) is 5.77. The number of alkyl halides is 2. The lowest BCUT2D eigenvalue weighted by molar-refractivity contribution is -0.146. The average molecular weight is 281 g/mol. The monoisotopic (exact) mass is 279 g/mol. The molecule has 0 N–H and O–H groups in total. The maximum Gasteiger partial charge on any atom is 0.312 e. The van der Waals surface area contributed by atoms with Gasteiger partial charge in [0.1, 0.15) is 16.1 Å². The van der Waals surface area contributed by atoms with Crippen LogP contribution in [0.2, 0.25) is 5.15 Å². The van der Waals surface area contributed by atoms with Gasteiger partial charge in [-0.15, -0.1) is 23.2 Å².